The Hall–Kier alpha value is -4.08. The Morgan fingerprint density at radius 1 is 0.560 bits per heavy atom. The molecule has 14 heteroatoms. The van der Waals surface area contributed by atoms with E-state index in [1.165, 1.54) is 9.82 Å². The van der Waals surface area contributed by atoms with Gasteiger partial charge in [0.15, 0.2) is 0 Å². The summed E-state index contributed by atoms with van der Waals surface area (Å²) in [6.45, 7) is 20.0. The topological polar surface area (TPSA) is 195 Å². The largest absolute Gasteiger partial charge is 2.00 e. The predicted octanol–water partition coefficient (Wildman–Crippen LogP) is 7.86. The summed E-state index contributed by atoms with van der Waals surface area (Å²) in [6.07, 6.45) is 0. The molecule has 0 saturated carbocycles. The monoisotopic (exact) mass is 776 g/mol. The molecule has 0 bridgehead atoms. The molecule has 4 aromatic rings. The SMILES string of the molecule is CCN(CC)CCN=C(C)c1c([O-])ccc2ccccc12.CCN(CC)CCN=C(C)c1c([O-])ccc2ccccc12.[Cu+2].[Cu+2].[N-]=[N+]=[N-].[N-]=[N+]=[N-]. The second-order valence-electron chi connectivity index (χ2n) is 10.5. The number of benzene rings is 4. The molecule has 0 heterocycles. The molecule has 4 rings (SSSR count). The molecule has 0 amide bonds. The number of hydrogen-bond donors (Lipinski definition) is 0. The molecule has 4 aromatic carbocycles. The third-order valence-electron chi connectivity index (χ3n) is 7.82. The van der Waals surface area contributed by atoms with Crippen LogP contribution in [0.25, 0.3) is 53.5 Å². The average Bonchev–Trinajstić information content (AvgIpc) is 3.09. The maximum Gasteiger partial charge on any atom is 2.00 e. The minimum atomic E-state index is 0. The second kappa shape index (κ2) is 27.7. The number of fused-ring (bicyclic) bond motifs is 2. The van der Waals surface area contributed by atoms with Gasteiger partial charge in [-0.2, -0.15) is 0 Å². The first-order valence-electron chi connectivity index (χ1n) is 16.0. The van der Waals surface area contributed by atoms with Crippen molar-refractivity contribution in [3.05, 3.63) is 116 Å². The van der Waals surface area contributed by atoms with E-state index in [0.29, 0.717) is 0 Å². The van der Waals surface area contributed by atoms with Crippen LogP contribution in [-0.2, 0) is 34.1 Å². The van der Waals surface area contributed by atoms with Gasteiger partial charge in [-0.3, -0.25) is 19.8 Å². The Morgan fingerprint density at radius 2 is 0.860 bits per heavy atom. The van der Waals surface area contributed by atoms with Crippen molar-refractivity contribution >= 4 is 33.0 Å². The number of aliphatic imine (C=N–C) groups is 2. The van der Waals surface area contributed by atoms with Crippen LogP contribution >= 0.6 is 0 Å². The molecule has 0 atom stereocenters. The molecule has 50 heavy (non-hydrogen) atoms. The molecular weight excluding hydrogens is 732 g/mol. The Kier molecular flexibility index (Phi) is 26.6. The predicted molar refractivity (Wildman–Crippen MR) is 197 cm³/mol. The van der Waals surface area contributed by atoms with E-state index in [2.05, 4.69) is 47.5 Å². The van der Waals surface area contributed by atoms with Gasteiger partial charge in [0.2, 0.25) is 0 Å². The van der Waals surface area contributed by atoms with Gasteiger partial charge in [0.25, 0.3) is 0 Å². The van der Waals surface area contributed by atoms with Crippen molar-refractivity contribution in [3.8, 4) is 11.5 Å². The molecule has 12 nitrogen and oxygen atoms in total. The van der Waals surface area contributed by atoms with Crippen molar-refractivity contribution in [1.29, 1.82) is 0 Å². The van der Waals surface area contributed by atoms with Crippen molar-refractivity contribution in [1.82, 2.24) is 9.80 Å². The summed E-state index contributed by atoms with van der Waals surface area (Å²) in [5, 5.41) is 28.6. The summed E-state index contributed by atoms with van der Waals surface area (Å²) < 4.78 is 0. The van der Waals surface area contributed by atoms with Crippen LogP contribution in [0.3, 0.4) is 0 Å². The van der Waals surface area contributed by atoms with Gasteiger partial charge in [-0.05, 0) is 72.7 Å². The quantitative estimate of drug-likeness (QED) is 0.0465. The Bertz CT molecular complexity index is 1570. The first-order chi connectivity index (χ1) is 23.2. The van der Waals surface area contributed by atoms with E-state index in [1.807, 2.05) is 74.5 Å². The van der Waals surface area contributed by atoms with Gasteiger partial charge in [0.05, 0.1) is 13.1 Å². The zero-order valence-corrected chi connectivity index (χ0v) is 31.4. The summed E-state index contributed by atoms with van der Waals surface area (Å²) in [7, 11) is 0. The van der Waals surface area contributed by atoms with Gasteiger partial charge in [-0.1, -0.05) is 112 Å². The smallest absolute Gasteiger partial charge is 0.872 e. The van der Waals surface area contributed by atoms with Crippen LogP contribution in [0.2, 0.25) is 0 Å². The fourth-order valence-electron chi connectivity index (χ4n) is 5.21. The van der Waals surface area contributed by atoms with Crippen LogP contribution in [0.4, 0.5) is 0 Å². The zero-order chi connectivity index (χ0) is 35.9. The number of likely N-dealkylation sites (N-methyl/N-ethyl adjacent to an activating group) is 2. The molecular formula is C36H46Cu2N10O2. The van der Waals surface area contributed by atoms with E-state index >= 15 is 0 Å². The van der Waals surface area contributed by atoms with Crippen LogP contribution in [-0.4, -0.2) is 73.6 Å². The van der Waals surface area contributed by atoms with Crippen LogP contribution in [0.5, 0.6) is 11.5 Å². The number of hydrogen-bond acceptors (Lipinski definition) is 6. The van der Waals surface area contributed by atoms with E-state index in [0.717, 1.165) is 96.5 Å². The maximum absolute atomic E-state index is 12.2. The first-order valence-corrected chi connectivity index (χ1v) is 16.0. The van der Waals surface area contributed by atoms with Crippen molar-refractivity contribution in [3.63, 3.8) is 0 Å². The van der Waals surface area contributed by atoms with E-state index in [9.17, 15) is 10.2 Å². The van der Waals surface area contributed by atoms with E-state index < -0.39 is 0 Å². The summed E-state index contributed by atoms with van der Waals surface area (Å²) in [5.74, 6) is 0.107. The first kappa shape index (κ1) is 48.0. The van der Waals surface area contributed by atoms with Gasteiger partial charge in [-0.15, -0.1) is 0 Å². The van der Waals surface area contributed by atoms with Gasteiger partial charge >= 0.3 is 34.1 Å². The fourth-order valence-corrected chi connectivity index (χ4v) is 5.21. The van der Waals surface area contributed by atoms with Crippen LogP contribution in [0.1, 0.15) is 52.7 Å². The van der Waals surface area contributed by atoms with E-state index in [1.54, 1.807) is 12.1 Å². The molecule has 0 N–H and O–H groups in total. The van der Waals surface area contributed by atoms with Crippen LogP contribution in [0, 0.1) is 0 Å². The second-order valence-corrected chi connectivity index (χ2v) is 10.5. The van der Waals surface area contributed by atoms with E-state index in [-0.39, 0.29) is 45.6 Å². The minimum Gasteiger partial charge on any atom is -0.872 e. The van der Waals surface area contributed by atoms with Crippen molar-refractivity contribution in [2.24, 2.45) is 9.98 Å². The molecule has 0 saturated heterocycles. The van der Waals surface area contributed by atoms with E-state index in [4.69, 9.17) is 22.1 Å². The van der Waals surface area contributed by atoms with Crippen molar-refractivity contribution in [2.75, 3.05) is 52.4 Å². The third-order valence-corrected chi connectivity index (χ3v) is 7.82. The van der Waals surface area contributed by atoms with Gasteiger partial charge in [0.1, 0.15) is 0 Å². The molecule has 2 radical (unpaired) electrons. The zero-order valence-electron chi connectivity index (χ0n) is 29.5. The van der Waals surface area contributed by atoms with Crippen LogP contribution in [0.15, 0.2) is 82.8 Å². The molecule has 0 aliphatic carbocycles. The Balaban J connectivity index is 0. The Labute approximate surface area is 317 Å². The molecule has 0 unspecified atom stereocenters. The van der Waals surface area contributed by atoms with Crippen molar-refractivity contribution < 1.29 is 44.4 Å². The normalized spacial score (nSPS) is 10.6. The Morgan fingerprint density at radius 3 is 1.16 bits per heavy atom. The summed E-state index contributed by atoms with van der Waals surface area (Å²) in [4.78, 5) is 16.9. The fraction of sp³-hybridized carbons (Fsp3) is 0.389. The molecule has 0 aromatic heterocycles. The maximum atomic E-state index is 12.2. The number of rotatable bonds is 12. The van der Waals surface area contributed by atoms with Gasteiger partial charge in [-0.25, -0.2) is 0 Å². The summed E-state index contributed by atoms with van der Waals surface area (Å²) in [5.41, 5.74) is 30.2. The molecule has 274 valence electrons. The minimum absolute atomic E-state index is 0. The van der Waals surface area contributed by atoms with Crippen molar-refractivity contribution in [2.45, 2.75) is 41.5 Å². The molecule has 0 spiro atoms. The van der Waals surface area contributed by atoms with Crippen LogP contribution < -0.4 is 10.2 Å². The van der Waals surface area contributed by atoms with Gasteiger partial charge < -0.3 is 42.1 Å². The third kappa shape index (κ3) is 15.6. The molecule has 0 aliphatic heterocycles. The molecule has 0 fully saturated rings. The number of nitrogens with zero attached hydrogens (tertiary/aromatic N) is 10. The summed E-state index contributed by atoms with van der Waals surface area (Å²) in [6, 6.07) is 23.0. The average molecular weight is 778 g/mol. The van der Waals surface area contributed by atoms with Gasteiger partial charge in [0, 0.05) is 24.5 Å². The molecule has 0 aliphatic rings. The standard InChI is InChI=1S/2C18H24N2O.2Cu.2N3/c2*1-4-20(5-2)13-12-19-14(3)18-16-9-7-6-8-15(16)10-11-17(18)21;;;2*1-3-2/h2*6-11,21H,4-5,12-13H2,1-3H3;;;;/q;;2*+2;2*-1/p-2. The summed E-state index contributed by atoms with van der Waals surface area (Å²) >= 11 is 0.